The Hall–Kier alpha value is -0.630. The predicted octanol–water partition coefficient (Wildman–Crippen LogP) is 5.38. The monoisotopic (exact) mass is 252 g/mol. The molecule has 0 unspecified atom stereocenters. The number of thiophene rings is 1. The minimum absolute atomic E-state index is 0.339. The predicted molar refractivity (Wildman–Crippen MR) is 76.0 cm³/mol. The fraction of sp³-hybridized carbons (Fsp3) is 0.667. The van der Waals surface area contributed by atoms with E-state index in [0.29, 0.717) is 5.78 Å². The van der Waals surface area contributed by atoms with E-state index in [2.05, 4.69) is 6.92 Å². The van der Waals surface area contributed by atoms with Crippen molar-refractivity contribution in [2.24, 2.45) is 0 Å². The van der Waals surface area contributed by atoms with Gasteiger partial charge in [-0.1, -0.05) is 45.4 Å². The summed E-state index contributed by atoms with van der Waals surface area (Å²) >= 11 is 1.58. The second-order valence-electron chi connectivity index (χ2n) is 4.73. The van der Waals surface area contributed by atoms with E-state index in [0.717, 1.165) is 23.3 Å². The normalized spacial score (nSPS) is 10.7. The quantitative estimate of drug-likeness (QED) is 0.426. The smallest absolute Gasteiger partial charge is 0.173 e. The molecule has 1 heterocycles. The van der Waals surface area contributed by atoms with Crippen LogP contribution < -0.4 is 0 Å². The van der Waals surface area contributed by atoms with Crippen LogP contribution in [0.3, 0.4) is 0 Å². The number of Topliss-reactive ketones (excluding diaryl/α,β-unsaturated/α-hetero) is 1. The molecule has 1 nitrogen and oxygen atoms in total. The number of carbonyl (C=O) groups is 1. The maximum absolute atomic E-state index is 11.9. The molecule has 2 heteroatoms. The number of carbonyl (C=O) groups excluding carboxylic acids is 1. The van der Waals surface area contributed by atoms with Crippen LogP contribution in [-0.4, -0.2) is 5.78 Å². The summed E-state index contributed by atoms with van der Waals surface area (Å²) in [5.74, 6) is 0.339. The maximum Gasteiger partial charge on any atom is 0.173 e. The number of unbranched alkanes of at least 4 members (excludes halogenated alkanes) is 6. The van der Waals surface area contributed by atoms with Crippen molar-refractivity contribution < 1.29 is 4.79 Å². The van der Waals surface area contributed by atoms with Gasteiger partial charge in [-0.3, -0.25) is 4.79 Å². The van der Waals surface area contributed by atoms with Gasteiger partial charge in [-0.2, -0.15) is 0 Å². The van der Waals surface area contributed by atoms with Gasteiger partial charge >= 0.3 is 0 Å². The van der Waals surface area contributed by atoms with Crippen molar-refractivity contribution in [2.45, 2.75) is 65.2 Å². The lowest BCUT2D eigenvalue weighted by molar-refractivity contribution is 0.0982. The maximum atomic E-state index is 11.9. The van der Waals surface area contributed by atoms with E-state index in [4.69, 9.17) is 0 Å². The summed E-state index contributed by atoms with van der Waals surface area (Å²) in [6.45, 7) is 4.26. The first kappa shape index (κ1) is 14.4. The molecule has 0 aliphatic rings. The highest BCUT2D eigenvalue weighted by molar-refractivity contribution is 7.12. The molecule has 0 aliphatic carbocycles. The zero-order valence-electron chi connectivity index (χ0n) is 11.1. The standard InChI is InChI=1S/C15H24OS/c1-3-4-5-6-7-8-9-10-14(16)15-13(2)11-12-17-15/h11-12H,3-10H2,1-2H3. The first-order valence-electron chi connectivity index (χ1n) is 6.83. The molecule has 96 valence electrons. The Morgan fingerprint density at radius 2 is 1.76 bits per heavy atom. The number of aryl methyl sites for hydroxylation is 1. The van der Waals surface area contributed by atoms with Crippen molar-refractivity contribution in [3.05, 3.63) is 21.9 Å². The second-order valence-corrected chi connectivity index (χ2v) is 5.64. The third-order valence-electron chi connectivity index (χ3n) is 3.12. The molecule has 0 atom stereocenters. The average molecular weight is 252 g/mol. The van der Waals surface area contributed by atoms with Crippen molar-refractivity contribution in [3.63, 3.8) is 0 Å². The highest BCUT2D eigenvalue weighted by Crippen LogP contribution is 2.19. The second kappa shape index (κ2) is 8.46. The van der Waals surface area contributed by atoms with Crippen LogP contribution in [0.5, 0.6) is 0 Å². The number of rotatable bonds is 9. The molecule has 0 fully saturated rings. The topological polar surface area (TPSA) is 17.1 Å². The first-order valence-corrected chi connectivity index (χ1v) is 7.71. The van der Waals surface area contributed by atoms with E-state index in [1.165, 1.54) is 38.5 Å². The fourth-order valence-corrected chi connectivity index (χ4v) is 2.91. The third kappa shape index (κ3) is 5.49. The van der Waals surface area contributed by atoms with Crippen molar-refractivity contribution in [1.82, 2.24) is 0 Å². The van der Waals surface area contributed by atoms with E-state index in [-0.39, 0.29) is 0 Å². The highest BCUT2D eigenvalue weighted by atomic mass is 32.1. The average Bonchev–Trinajstić information content (AvgIpc) is 2.74. The van der Waals surface area contributed by atoms with E-state index in [1.807, 2.05) is 18.4 Å². The minimum Gasteiger partial charge on any atom is -0.293 e. The van der Waals surface area contributed by atoms with E-state index in [9.17, 15) is 4.79 Å². The van der Waals surface area contributed by atoms with Crippen LogP contribution in [0.1, 0.15) is 73.5 Å². The minimum atomic E-state index is 0.339. The Morgan fingerprint density at radius 1 is 1.12 bits per heavy atom. The molecule has 0 bridgehead atoms. The van der Waals surface area contributed by atoms with Gasteiger partial charge < -0.3 is 0 Å². The number of hydrogen-bond donors (Lipinski definition) is 0. The van der Waals surface area contributed by atoms with Gasteiger partial charge in [-0.25, -0.2) is 0 Å². The van der Waals surface area contributed by atoms with Crippen molar-refractivity contribution in [3.8, 4) is 0 Å². The zero-order chi connectivity index (χ0) is 12.5. The summed E-state index contributed by atoms with van der Waals surface area (Å²) in [6.07, 6.45) is 9.63. The summed E-state index contributed by atoms with van der Waals surface area (Å²) in [7, 11) is 0. The van der Waals surface area contributed by atoms with Gasteiger partial charge in [0, 0.05) is 6.42 Å². The fourth-order valence-electron chi connectivity index (χ4n) is 2.01. The zero-order valence-corrected chi connectivity index (χ0v) is 11.9. The van der Waals surface area contributed by atoms with Gasteiger partial charge in [0.1, 0.15) is 0 Å². The summed E-state index contributed by atoms with van der Waals surface area (Å²) in [5, 5.41) is 2.01. The molecular formula is C15H24OS. The highest BCUT2D eigenvalue weighted by Gasteiger charge is 2.09. The molecule has 0 aromatic carbocycles. The lowest BCUT2D eigenvalue weighted by Gasteiger charge is -2.01. The molecule has 0 spiro atoms. The molecule has 1 aromatic heterocycles. The van der Waals surface area contributed by atoms with Crippen molar-refractivity contribution in [2.75, 3.05) is 0 Å². The van der Waals surface area contributed by atoms with Crippen LogP contribution in [0.4, 0.5) is 0 Å². The third-order valence-corrected chi connectivity index (χ3v) is 4.18. The van der Waals surface area contributed by atoms with Gasteiger partial charge in [-0.05, 0) is 30.4 Å². The molecular weight excluding hydrogens is 228 g/mol. The summed E-state index contributed by atoms with van der Waals surface area (Å²) in [4.78, 5) is 12.8. The number of hydrogen-bond acceptors (Lipinski definition) is 2. The van der Waals surface area contributed by atoms with E-state index < -0.39 is 0 Å². The molecule has 1 rings (SSSR count). The SMILES string of the molecule is CCCCCCCCCC(=O)c1sccc1C. The molecule has 0 radical (unpaired) electrons. The molecule has 17 heavy (non-hydrogen) atoms. The molecule has 0 aliphatic heterocycles. The van der Waals surface area contributed by atoms with Crippen LogP contribution in [0.25, 0.3) is 0 Å². The van der Waals surface area contributed by atoms with Crippen LogP contribution in [-0.2, 0) is 0 Å². The molecule has 0 saturated heterocycles. The Kier molecular flexibility index (Phi) is 7.18. The van der Waals surface area contributed by atoms with Crippen LogP contribution in [0, 0.1) is 6.92 Å². The Morgan fingerprint density at radius 3 is 2.35 bits per heavy atom. The molecule has 0 saturated carbocycles. The van der Waals surface area contributed by atoms with Crippen LogP contribution in [0.15, 0.2) is 11.4 Å². The van der Waals surface area contributed by atoms with E-state index in [1.54, 1.807) is 11.3 Å². The summed E-state index contributed by atoms with van der Waals surface area (Å²) in [5.41, 5.74) is 1.14. The Labute approximate surface area is 109 Å². The van der Waals surface area contributed by atoms with Gasteiger partial charge in [0.15, 0.2) is 5.78 Å². The molecule has 0 N–H and O–H groups in total. The largest absolute Gasteiger partial charge is 0.293 e. The molecule has 1 aromatic rings. The Bertz CT molecular complexity index is 327. The van der Waals surface area contributed by atoms with Gasteiger partial charge in [-0.15, -0.1) is 11.3 Å². The first-order chi connectivity index (χ1) is 8.25. The van der Waals surface area contributed by atoms with Gasteiger partial charge in [0.25, 0.3) is 0 Å². The Balaban J connectivity index is 2.07. The van der Waals surface area contributed by atoms with Crippen LogP contribution in [0.2, 0.25) is 0 Å². The summed E-state index contributed by atoms with van der Waals surface area (Å²) in [6, 6.07) is 2.03. The summed E-state index contributed by atoms with van der Waals surface area (Å²) < 4.78 is 0. The van der Waals surface area contributed by atoms with E-state index >= 15 is 0 Å². The number of ketones is 1. The molecule has 0 amide bonds. The van der Waals surface area contributed by atoms with Crippen LogP contribution >= 0.6 is 11.3 Å². The van der Waals surface area contributed by atoms with Crippen molar-refractivity contribution >= 4 is 17.1 Å². The van der Waals surface area contributed by atoms with Crippen molar-refractivity contribution in [1.29, 1.82) is 0 Å². The van der Waals surface area contributed by atoms with Gasteiger partial charge in [0.2, 0.25) is 0 Å². The lowest BCUT2D eigenvalue weighted by Crippen LogP contribution is -1.97. The lowest BCUT2D eigenvalue weighted by atomic mass is 10.1. The van der Waals surface area contributed by atoms with Gasteiger partial charge in [0.05, 0.1) is 4.88 Å².